The van der Waals surface area contributed by atoms with E-state index in [2.05, 4.69) is 11.2 Å². The van der Waals surface area contributed by atoms with Crippen LogP contribution in [0.3, 0.4) is 0 Å². The van der Waals surface area contributed by atoms with Gasteiger partial charge in [-0.25, -0.2) is 0 Å². The molecule has 0 bridgehead atoms. The Balaban J connectivity index is 2.50. The van der Waals surface area contributed by atoms with Crippen LogP contribution in [0, 0.1) is 12.3 Å². The lowest BCUT2D eigenvalue weighted by atomic mass is 10.1. The minimum Gasteiger partial charge on any atom is -0.351 e. The number of amides is 1. The lowest BCUT2D eigenvalue weighted by Gasteiger charge is -2.10. The van der Waals surface area contributed by atoms with Crippen molar-refractivity contribution >= 4 is 5.91 Å². The Kier molecular flexibility index (Phi) is 4.56. The Morgan fingerprint density at radius 3 is 2.50 bits per heavy atom. The second kappa shape index (κ2) is 5.94. The molecule has 0 fully saturated rings. The van der Waals surface area contributed by atoms with Crippen molar-refractivity contribution in [2.75, 3.05) is 27.2 Å². The Labute approximate surface area is 96.5 Å². The lowest BCUT2D eigenvalue weighted by molar-refractivity contribution is 0.0951. The van der Waals surface area contributed by atoms with E-state index >= 15 is 0 Å². The molecule has 0 saturated heterocycles. The molecule has 0 aliphatic carbocycles. The average Bonchev–Trinajstić information content (AvgIpc) is 2.28. The Bertz CT molecular complexity index is 387. The van der Waals surface area contributed by atoms with Crippen LogP contribution in [0.4, 0.5) is 0 Å². The maximum absolute atomic E-state index is 11.6. The molecular weight excluding hydrogens is 200 g/mol. The molecule has 16 heavy (non-hydrogen) atoms. The molecule has 0 spiro atoms. The summed E-state index contributed by atoms with van der Waals surface area (Å²) in [6.45, 7) is 1.47. The van der Waals surface area contributed by atoms with Gasteiger partial charge in [0.25, 0.3) is 5.91 Å². The second-order valence-corrected chi connectivity index (χ2v) is 3.78. The summed E-state index contributed by atoms with van der Waals surface area (Å²) in [6, 6.07) is 7.00. The van der Waals surface area contributed by atoms with E-state index in [0.29, 0.717) is 12.1 Å². The van der Waals surface area contributed by atoms with Gasteiger partial charge in [0.2, 0.25) is 0 Å². The van der Waals surface area contributed by atoms with Gasteiger partial charge in [0.05, 0.1) is 0 Å². The molecule has 0 atom stereocenters. The zero-order chi connectivity index (χ0) is 12.0. The molecule has 3 heteroatoms. The van der Waals surface area contributed by atoms with E-state index in [4.69, 9.17) is 6.42 Å². The van der Waals surface area contributed by atoms with Crippen molar-refractivity contribution in [1.82, 2.24) is 10.2 Å². The van der Waals surface area contributed by atoms with Gasteiger partial charge in [-0.05, 0) is 38.4 Å². The first-order valence-electron chi connectivity index (χ1n) is 5.13. The van der Waals surface area contributed by atoms with Crippen LogP contribution in [0.25, 0.3) is 0 Å². The van der Waals surface area contributed by atoms with Crippen LogP contribution in [-0.2, 0) is 0 Å². The van der Waals surface area contributed by atoms with Crippen LogP contribution in [0.15, 0.2) is 24.3 Å². The summed E-state index contributed by atoms with van der Waals surface area (Å²) < 4.78 is 0. The van der Waals surface area contributed by atoms with Crippen molar-refractivity contribution in [3.8, 4) is 12.3 Å². The molecule has 0 heterocycles. The number of benzene rings is 1. The highest BCUT2D eigenvalue weighted by atomic mass is 16.1. The SMILES string of the molecule is C#Cc1ccc(C(=O)NCCN(C)C)cc1. The van der Waals surface area contributed by atoms with Gasteiger partial charge in [-0.15, -0.1) is 6.42 Å². The zero-order valence-electron chi connectivity index (χ0n) is 9.66. The van der Waals surface area contributed by atoms with Crippen molar-refractivity contribution in [1.29, 1.82) is 0 Å². The van der Waals surface area contributed by atoms with E-state index in [-0.39, 0.29) is 5.91 Å². The molecule has 84 valence electrons. The summed E-state index contributed by atoms with van der Waals surface area (Å²) >= 11 is 0. The highest BCUT2D eigenvalue weighted by Crippen LogP contribution is 2.02. The molecule has 1 aromatic rings. The third-order valence-electron chi connectivity index (χ3n) is 2.16. The summed E-state index contributed by atoms with van der Waals surface area (Å²) in [5.41, 5.74) is 1.42. The van der Waals surface area contributed by atoms with E-state index in [1.807, 2.05) is 19.0 Å². The fraction of sp³-hybridized carbons (Fsp3) is 0.308. The van der Waals surface area contributed by atoms with Crippen LogP contribution < -0.4 is 5.32 Å². The molecule has 0 unspecified atom stereocenters. The minimum atomic E-state index is -0.0644. The van der Waals surface area contributed by atoms with Crippen LogP contribution in [0.1, 0.15) is 15.9 Å². The summed E-state index contributed by atoms with van der Waals surface area (Å²) in [4.78, 5) is 13.7. The van der Waals surface area contributed by atoms with Gasteiger partial charge < -0.3 is 10.2 Å². The summed E-state index contributed by atoms with van der Waals surface area (Å²) in [6.07, 6.45) is 5.23. The molecule has 0 radical (unpaired) electrons. The molecule has 1 N–H and O–H groups in total. The number of terminal acetylenes is 1. The van der Waals surface area contributed by atoms with Gasteiger partial charge in [-0.3, -0.25) is 4.79 Å². The zero-order valence-corrected chi connectivity index (χ0v) is 9.66. The monoisotopic (exact) mass is 216 g/mol. The Morgan fingerprint density at radius 1 is 1.38 bits per heavy atom. The van der Waals surface area contributed by atoms with E-state index in [9.17, 15) is 4.79 Å². The van der Waals surface area contributed by atoms with E-state index in [1.54, 1.807) is 24.3 Å². The third-order valence-corrected chi connectivity index (χ3v) is 2.16. The molecule has 1 rings (SSSR count). The molecule has 1 amide bonds. The summed E-state index contributed by atoms with van der Waals surface area (Å²) in [5.74, 6) is 2.45. The maximum atomic E-state index is 11.6. The molecule has 3 nitrogen and oxygen atoms in total. The number of hydrogen-bond donors (Lipinski definition) is 1. The first kappa shape index (κ1) is 12.3. The molecule has 0 saturated carbocycles. The molecule has 0 aliphatic rings. The average molecular weight is 216 g/mol. The van der Waals surface area contributed by atoms with Crippen molar-refractivity contribution in [3.05, 3.63) is 35.4 Å². The maximum Gasteiger partial charge on any atom is 0.251 e. The molecular formula is C13H16N2O. The van der Waals surface area contributed by atoms with Crippen LogP contribution in [-0.4, -0.2) is 38.0 Å². The van der Waals surface area contributed by atoms with Gasteiger partial charge >= 0.3 is 0 Å². The second-order valence-electron chi connectivity index (χ2n) is 3.78. The van der Waals surface area contributed by atoms with Crippen molar-refractivity contribution in [3.63, 3.8) is 0 Å². The predicted octanol–water partition coefficient (Wildman–Crippen LogP) is 0.959. The topological polar surface area (TPSA) is 32.3 Å². The van der Waals surface area contributed by atoms with E-state index in [1.165, 1.54) is 0 Å². The highest BCUT2D eigenvalue weighted by Gasteiger charge is 2.03. The quantitative estimate of drug-likeness (QED) is 0.760. The number of nitrogens with one attached hydrogen (secondary N) is 1. The normalized spacial score (nSPS) is 9.88. The largest absolute Gasteiger partial charge is 0.351 e. The lowest BCUT2D eigenvalue weighted by Crippen LogP contribution is -2.31. The van der Waals surface area contributed by atoms with Gasteiger partial charge in [0.1, 0.15) is 0 Å². The molecule has 0 aliphatic heterocycles. The van der Waals surface area contributed by atoms with E-state index in [0.717, 1.165) is 12.1 Å². The van der Waals surface area contributed by atoms with E-state index < -0.39 is 0 Å². The summed E-state index contributed by atoms with van der Waals surface area (Å²) in [5, 5.41) is 2.84. The smallest absolute Gasteiger partial charge is 0.251 e. The van der Waals surface area contributed by atoms with Gasteiger partial charge in [0, 0.05) is 24.2 Å². The van der Waals surface area contributed by atoms with Crippen LogP contribution >= 0.6 is 0 Å². The number of carbonyl (C=O) groups is 1. The van der Waals surface area contributed by atoms with Gasteiger partial charge in [-0.2, -0.15) is 0 Å². The Morgan fingerprint density at radius 2 is 2.00 bits per heavy atom. The standard InChI is InChI=1S/C13H16N2O/c1-4-11-5-7-12(8-6-11)13(16)14-9-10-15(2)3/h1,5-8H,9-10H2,2-3H3,(H,14,16). The first-order chi connectivity index (χ1) is 7.63. The number of nitrogens with zero attached hydrogens (tertiary/aromatic N) is 1. The highest BCUT2D eigenvalue weighted by molar-refractivity contribution is 5.94. The molecule has 0 aromatic heterocycles. The van der Waals surface area contributed by atoms with Crippen molar-refractivity contribution < 1.29 is 4.79 Å². The number of hydrogen-bond acceptors (Lipinski definition) is 2. The minimum absolute atomic E-state index is 0.0644. The third kappa shape index (κ3) is 3.76. The number of carbonyl (C=O) groups excluding carboxylic acids is 1. The molecule has 1 aromatic carbocycles. The van der Waals surface area contributed by atoms with Gasteiger partial charge in [-0.1, -0.05) is 5.92 Å². The Hall–Kier alpha value is -1.79. The first-order valence-corrected chi connectivity index (χ1v) is 5.13. The predicted molar refractivity (Wildman–Crippen MR) is 65.3 cm³/mol. The van der Waals surface area contributed by atoms with Crippen molar-refractivity contribution in [2.45, 2.75) is 0 Å². The summed E-state index contributed by atoms with van der Waals surface area (Å²) in [7, 11) is 3.93. The van der Waals surface area contributed by atoms with Gasteiger partial charge in [0.15, 0.2) is 0 Å². The van der Waals surface area contributed by atoms with Crippen LogP contribution in [0.5, 0.6) is 0 Å². The fourth-order valence-corrected chi connectivity index (χ4v) is 1.21. The fourth-order valence-electron chi connectivity index (χ4n) is 1.21. The number of rotatable bonds is 4. The van der Waals surface area contributed by atoms with Crippen LogP contribution in [0.2, 0.25) is 0 Å². The number of likely N-dealkylation sites (N-methyl/N-ethyl adjacent to an activating group) is 1. The van der Waals surface area contributed by atoms with Crippen molar-refractivity contribution in [2.24, 2.45) is 0 Å².